The second kappa shape index (κ2) is 7.37. The first kappa shape index (κ1) is 15.0. The van der Waals surface area contributed by atoms with E-state index in [-0.39, 0.29) is 0 Å². The highest BCUT2D eigenvalue weighted by Gasteiger charge is 2.21. The van der Waals surface area contributed by atoms with Crippen molar-refractivity contribution in [2.45, 2.75) is 40.7 Å². The zero-order valence-electron chi connectivity index (χ0n) is 12.2. The first-order valence-corrected chi connectivity index (χ1v) is 6.91. The summed E-state index contributed by atoms with van der Waals surface area (Å²) in [5.41, 5.74) is 1.21. The third-order valence-corrected chi connectivity index (χ3v) is 3.41. The van der Waals surface area contributed by atoms with Gasteiger partial charge >= 0.3 is 0 Å². The van der Waals surface area contributed by atoms with Crippen LogP contribution < -0.4 is 10.1 Å². The lowest BCUT2D eigenvalue weighted by Crippen LogP contribution is -2.29. The van der Waals surface area contributed by atoms with Crippen molar-refractivity contribution < 1.29 is 4.74 Å². The van der Waals surface area contributed by atoms with Crippen LogP contribution in [-0.2, 0) is 0 Å². The van der Waals surface area contributed by atoms with Crippen LogP contribution in [0.5, 0.6) is 5.75 Å². The standard InChI is InChI=1S/C15H26N2O/c1-6-17-15(12(5)11(3)4)13-8-14(18-7-2)10-16-9-13/h8-12,15,17H,6-7H2,1-5H3. The minimum Gasteiger partial charge on any atom is -0.492 e. The number of rotatable bonds is 7. The summed E-state index contributed by atoms with van der Waals surface area (Å²) in [5.74, 6) is 2.04. The number of pyridine rings is 1. The lowest BCUT2D eigenvalue weighted by atomic mass is 9.86. The van der Waals surface area contributed by atoms with Gasteiger partial charge < -0.3 is 10.1 Å². The average Bonchev–Trinajstić information content (AvgIpc) is 2.36. The smallest absolute Gasteiger partial charge is 0.137 e. The molecule has 0 fully saturated rings. The fourth-order valence-corrected chi connectivity index (χ4v) is 2.06. The molecule has 3 nitrogen and oxygen atoms in total. The molecule has 2 unspecified atom stereocenters. The van der Waals surface area contributed by atoms with Crippen LogP contribution >= 0.6 is 0 Å². The Morgan fingerprint density at radius 3 is 2.50 bits per heavy atom. The molecule has 2 atom stereocenters. The topological polar surface area (TPSA) is 34.2 Å². The molecule has 3 heteroatoms. The SMILES string of the molecule is CCNC(c1cncc(OCC)c1)C(C)C(C)C. The number of hydrogen-bond donors (Lipinski definition) is 1. The summed E-state index contributed by atoms with van der Waals surface area (Å²) in [6, 6.07) is 2.44. The number of ether oxygens (including phenoxy) is 1. The van der Waals surface area contributed by atoms with Crippen molar-refractivity contribution in [1.29, 1.82) is 0 Å². The van der Waals surface area contributed by atoms with Gasteiger partial charge in [0.25, 0.3) is 0 Å². The Morgan fingerprint density at radius 1 is 1.22 bits per heavy atom. The molecule has 1 aromatic heterocycles. The van der Waals surface area contributed by atoms with Gasteiger partial charge in [0.1, 0.15) is 5.75 Å². The van der Waals surface area contributed by atoms with Crippen molar-refractivity contribution in [3.05, 3.63) is 24.0 Å². The predicted molar refractivity (Wildman–Crippen MR) is 75.8 cm³/mol. The number of hydrogen-bond acceptors (Lipinski definition) is 3. The molecule has 0 spiro atoms. The van der Waals surface area contributed by atoms with E-state index in [9.17, 15) is 0 Å². The summed E-state index contributed by atoms with van der Waals surface area (Å²) >= 11 is 0. The molecule has 1 rings (SSSR count). The molecule has 1 N–H and O–H groups in total. The monoisotopic (exact) mass is 250 g/mol. The van der Waals surface area contributed by atoms with Crippen molar-refractivity contribution in [2.24, 2.45) is 11.8 Å². The third-order valence-electron chi connectivity index (χ3n) is 3.41. The van der Waals surface area contributed by atoms with Crippen molar-refractivity contribution in [2.75, 3.05) is 13.2 Å². The Kier molecular flexibility index (Phi) is 6.13. The molecule has 0 radical (unpaired) electrons. The van der Waals surface area contributed by atoms with Gasteiger partial charge in [0.2, 0.25) is 0 Å². The van der Waals surface area contributed by atoms with Gasteiger partial charge in [-0.25, -0.2) is 0 Å². The molecule has 0 aliphatic carbocycles. The van der Waals surface area contributed by atoms with Crippen LogP contribution in [-0.4, -0.2) is 18.1 Å². The van der Waals surface area contributed by atoms with E-state index in [2.05, 4.69) is 44.1 Å². The van der Waals surface area contributed by atoms with Crippen LogP contribution in [0.15, 0.2) is 18.5 Å². The second-order valence-corrected chi connectivity index (χ2v) is 5.03. The Morgan fingerprint density at radius 2 is 1.94 bits per heavy atom. The van der Waals surface area contributed by atoms with E-state index in [1.165, 1.54) is 5.56 Å². The highest BCUT2D eigenvalue weighted by molar-refractivity contribution is 5.26. The lowest BCUT2D eigenvalue weighted by Gasteiger charge is -2.28. The van der Waals surface area contributed by atoms with Crippen LogP contribution in [0.4, 0.5) is 0 Å². The van der Waals surface area contributed by atoms with Crippen LogP contribution in [0.1, 0.15) is 46.2 Å². The highest BCUT2D eigenvalue weighted by atomic mass is 16.5. The van der Waals surface area contributed by atoms with Gasteiger partial charge in [-0.3, -0.25) is 4.98 Å². The van der Waals surface area contributed by atoms with Gasteiger partial charge in [-0.05, 0) is 36.9 Å². The maximum atomic E-state index is 5.52. The molecule has 1 aromatic rings. The first-order valence-electron chi connectivity index (χ1n) is 6.91. The Balaban J connectivity index is 2.93. The van der Waals surface area contributed by atoms with Crippen molar-refractivity contribution in [3.63, 3.8) is 0 Å². The van der Waals surface area contributed by atoms with Crippen LogP contribution in [0.25, 0.3) is 0 Å². The number of nitrogens with zero attached hydrogens (tertiary/aromatic N) is 1. The zero-order chi connectivity index (χ0) is 13.5. The molecule has 0 aliphatic heterocycles. The summed E-state index contributed by atoms with van der Waals surface area (Å²) < 4.78 is 5.52. The van der Waals surface area contributed by atoms with E-state index in [1.807, 2.05) is 13.1 Å². The fraction of sp³-hybridized carbons (Fsp3) is 0.667. The maximum Gasteiger partial charge on any atom is 0.137 e. The molecule has 102 valence electrons. The molecule has 0 aliphatic rings. The largest absolute Gasteiger partial charge is 0.492 e. The zero-order valence-corrected chi connectivity index (χ0v) is 12.2. The molecular weight excluding hydrogens is 224 g/mol. The minimum absolute atomic E-state index is 0.336. The van der Waals surface area contributed by atoms with Crippen LogP contribution in [0, 0.1) is 11.8 Å². The van der Waals surface area contributed by atoms with Crippen LogP contribution in [0.2, 0.25) is 0 Å². The van der Waals surface area contributed by atoms with E-state index in [1.54, 1.807) is 6.20 Å². The Bertz CT molecular complexity index is 352. The van der Waals surface area contributed by atoms with E-state index in [0.717, 1.165) is 12.3 Å². The summed E-state index contributed by atoms with van der Waals surface area (Å²) in [7, 11) is 0. The van der Waals surface area contributed by atoms with Gasteiger partial charge in [-0.15, -0.1) is 0 Å². The molecule has 0 saturated heterocycles. The molecule has 0 bridgehead atoms. The molecule has 18 heavy (non-hydrogen) atoms. The molecule has 1 heterocycles. The summed E-state index contributed by atoms with van der Waals surface area (Å²) in [6.45, 7) is 12.6. The number of nitrogens with one attached hydrogen (secondary N) is 1. The van der Waals surface area contributed by atoms with Crippen molar-refractivity contribution in [1.82, 2.24) is 10.3 Å². The summed E-state index contributed by atoms with van der Waals surface area (Å²) in [5, 5.41) is 3.55. The summed E-state index contributed by atoms with van der Waals surface area (Å²) in [6.07, 6.45) is 3.71. The number of aromatic nitrogens is 1. The summed E-state index contributed by atoms with van der Waals surface area (Å²) in [4.78, 5) is 4.28. The third kappa shape index (κ3) is 3.98. The van der Waals surface area contributed by atoms with E-state index >= 15 is 0 Å². The van der Waals surface area contributed by atoms with E-state index in [4.69, 9.17) is 4.74 Å². The van der Waals surface area contributed by atoms with Gasteiger partial charge in [0, 0.05) is 12.2 Å². The van der Waals surface area contributed by atoms with Crippen LogP contribution in [0.3, 0.4) is 0 Å². The fourth-order valence-electron chi connectivity index (χ4n) is 2.06. The molecule has 0 aromatic carbocycles. The van der Waals surface area contributed by atoms with E-state index < -0.39 is 0 Å². The lowest BCUT2D eigenvalue weighted by molar-refractivity contribution is 0.303. The Labute approximate surface area is 111 Å². The average molecular weight is 250 g/mol. The quantitative estimate of drug-likeness (QED) is 0.805. The normalized spacial score (nSPS) is 14.6. The van der Waals surface area contributed by atoms with Gasteiger partial charge in [0.05, 0.1) is 12.8 Å². The second-order valence-electron chi connectivity index (χ2n) is 5.03. The van der Waals surface area contributed by atoms with Crippen molar-refractivity contribution in [3.8, 4) is 5.75 Å². The minimum atomic E-state index is 0.336. The maximum absolute atomic E-state index is 5.52. The first-order chi connectivity index (χ1) is 8.60. The van der Waals surface area contributed by atoms with Crippen molar-refractivity contribution >= 4 is 0 Å². The van der Waals surface area contributed by atoms with Gasteiger partial charge in [-0.1, -0.05) is 27.7 Å². The molecular formula is C15H26N2O. The molecule has 0 amide bonds. The molecule has 0 saturated carbocycles. The van der Waals surface area contributed by atoms with Gasteiger partial charge in [0.15, 0.2) is 0 Å². The predicted octanol–water partition coefficient (Wildman–Crippen LogP) is 3.42. The highest BCUT2D eigenvalue weighted by Crippen LogP contribution is 2.28. The van der Waals surface area contributed by atoms with Gasteiger partial charge in [-0.2, -0.15) is 0 Å². The Hall–Kier alpha value is -1.09. The van der Waals surface area contributed by atoms with E-state index in [0.29, 0.717) is 24.5 Å².